The molecule has 1 atom stereocenters. The van der Waals surface area contributed by atoms with Crippen LogP contribution in [0.5, 0.6) is 0 Å². The molecule has 0 radical (unpaired) electrons. The number of aliphatic hydroxyl groups is 2. The highest BCUT2D eigenvalue weighted by Gasteiger charge is 2.18. The molecule has 7 heteroatoms. The molecular weight excluding hydrogens is 300 g/mol. The average molecular weight is 330 g/mol. The summed E-state index contributed by atoms with van der Waals surface area (Å²) >= 11 is 0. The van der Waals surface area contributed by atoms with Gasteiger partial charge in [-0.25, -0.2) is 0 Å². The lowest BCUT2D eigenvalue weighted by molar-refractivity contribution is -0.145. The molecule has 0 rings (SSSR count). The largest absolute Gasteiger partial charge is 0.463 e. The smallest absolute Gasteiger partial charge is 0.305 e. The molecule has 7 nitrogen and oxygen atoms in total. The summed E-state index contributed by atoms with van der Waals surface area (Å²) in [5, 5.41) is 20.1. The predicted molar refractivity (Wildman–Crippen MR) is 87.5 cm³/mol. The van der Waals surface area contributed by atoms with E-state index in [9.17, 15) is 9.59 Å². The maximum absolute atomic E-state index is 11.6. The summed E-state index contributed by atoms with van der Waals surface area (Å²) in [4.78, 5) is 23.1. The van der Waals surface area contributed by atoms with E-state index in [0.29, 0.717) is 12.3 Å². The maximum Gasteiger partial charge on any atom is 0.305 e. The Labute approximate surface area is 137 Å². The number of hydrogen-bond donors (Lipinski definition) is 4. The van der Waals surface area contributed by atoms with Crippen molar-refractivity contribution in [1.29, 1.82) is 0 Å². The summed E-state index contributed by atoms with van der Waals surface area (Å²) in [7, 11) is 0. The van der Waals surface area contributed by atoms with Crippen molar-refractivity contribution in [2.45, 2.75) is 51.6 Å². The number of rotatable bonds is 12. The summed E-state index contributed by atoms with van der Waals surface area (Å²) in [6, 6.07) is -1.78. The SMILES string of the molecule is CC(C)C/C=C\CCCC(=O)OCC(N)C(=O)NC(CO)CO. The van der Waals surface area contributed by atoms with Crippen molar-refractivity contribution < 1.29 is 24.5 Å². The molecular formula is C16H30N2O5. The van der Waals surface area contributed by atoms with Crippen LogP contribution in [0, 0.1) is 5.92 Å². The third-order valence-electron chi connectivity index (χ3n) is 3.07. The first kappa shape index (κ1) is 21.6. The molecule has 0 fully saturated rings. The third-order valence-corrected chi connectivity index (χ3v) is 3.07. The van der Waals surface area contributed by atoms with Crippen LogP contribution in [-0.2, 0) is 14.3 Å². The van der Waals surface area contributed by atoms with Crippen LogP contribution >= 0.6 is 0 Å². The molecule has 23 heavy (non-hydrogen) atoms. The fraction of sp³-hybridized carbons (Fsp3) is 0.750. The first-order valence-electron chi connectivity index (χ1n) is 7.99. The number of nitrogens with two attached hydrogens (primary N) is 1. The van der Waals surface area contributed by atoms with Crippen molar-refractivity contribution >= 4 is 11.9 Å². The van der Waals surface area contributed by atoms with Crippen LogP contribution < -0.4 is 11.1 Å². The van der Waals surface area contributed by atoms with Crippen LogP contribution in [0.1, 0.15) is 39.5 Å². The topological polar surface area (TPSA) is 122 Å². The average Bonchev–Trinajstić information content (AvgIpc) is 2.52. The second kappa shape index (κ2) is 13.0. The monoisotopic (exact) mass is 330 g/mol. The number of hydrogen-bond acceptors (Lipinski definition) is 6. The van der Waals surface area contributed by atoms with Gasteiger partial charge >= 0.3 is 5.97 Å². The number of amides is 1. The van der Waals surface area contributed by atoms with Crippen LogP contribution in [0.25, 0.3) is 0 Å². The van der Waals surface area contributed by atoms with Gasteiger partial charge in [0.25, 0.3) is 0 Å². The van der Waals surface area contributed by atoms with Crippen LogP contribution in [-0.4, -0.2) is 54.0 Å². The van der Waals surface area contributed by atoms with Crippen molar-refractivity contribution in [2.75, 3.05) is 19.8 Å². The zero-order valence-electron chi connectivity index (χ0n) is 14.0. The van der Waals surface area contributed by atoms with E-state index in [1.807, 2.05) is 0 Å². The number of allylic oxidation sites excluding steroid dienone is 2. The van der Waals surface area contributed by atoms with E-state index in [2.05, 4.69) is 31.3 Å². The third kappa shape index (κ3) is 11.7. The Hall–Kier alpha value is -1.44. The van der Waals surface area contributed by atoms with Gasteiger partial charge < -0.3 is 26.0 Å². The van der Waals surface area contributed by atoms with Crippen LogP contribution in [0.4, 0.5) is 0 Å². The van der Waals surface area contributed by atoms with Gasteiger partial charge in [-0.2, -0.15) is 0 Å². The minimum atomic E-state index is -1.02. The minimum absolute atomic E-state index is 0.225. The van der Waals surface area contributed by atoms with E-state index in [0.717, 1.165) is 12.8 Å². The lowest BCUT2D eigenvalue weighted by Gasteiger charge is -2.17. The molecule has 1 amide bonds. The summed E-state index contributed by atoms with van der Waals surface area (Å²) in [5.41, 5.74) is 5.58. The molecule has 0 saturated heterocycles. The normalized spacial score (nSPS) is 12.8. The van der Waals surface area contributed by atoms with Gasteiger partial charge in [-0.15, -0.1) is 0 Å². The van der Waals surface area contributed by atoms with Crippen molar-refractivity contribution in [1.82, 2.24) is 5.32 Å². The van der Waals surface area contributed by atoms with Gasteiger partial charge in [-0.3, -0.25) is 9.59 Å². The number of esters is 1. The molecule has 0 spiro atoms. The van der Waals surface area contributed by atoms with Crippen molar-refractivity contribution in [3.8, 4) is 0 Å². The summed E-state index contributed by atoms with van der Waals surface area (Å²) < 4.78 is 4.94. The molecule has 0 saturated carbocycles. The number of nitrogens with one attached hydrogen (secondary N) is 1. The lowest BCUT2D eigenvalue weighted by Crippen LogP contribution is -2.50. The second-order valence-electron chi connectivity index (χ2n) is 5.85. The van der Waals surface area contributed by atoms with Gasteiger partial charge in [0.2, 0.25) is 5.91 Å². The summed E-state index contributed by atoms with van der Waals surface area (Å²) in [5.74, 6) is -0.353. The molecule has 0 heterocycles. The number of carbonyl (C=O) groups is 2. The van der Waals surface area contributed by atoms with E-state index in [1.54, 1.807) is 0 Å². The van der Waals surface area contributed by atoms with E-state index in [-0.39, 0.29) is 26.2 Å². The molecule has 134 valence electrons. The Morgan fingerprint density at radius 3 is 2.43 bits per heavy atom. The van der Waals surface area contributed by atoms with Gasteiger partial charge in [0, 0.05) is 6.42 Å². The second-order valence-corrected chi connectivity index (χ2v) is 5.85. The molecule has 5 N–H and O–H groups in total. The molecule has 1 unspecified atom stereocenters. The molecule has 0 aliphatic heterocycles. The maximum atomic E-state index is 11.6. The number of carbonyl (C=O) groups excluding carboxylic acids is 2. The summed E-state index contributed by atoms with van der Waals surface area (Å²) in [6.45, 7) is 3.28. The Balaban J connectivity index is 3.83. The fourth-order valence-corrected chi connectivity index (χ4v) is 1.64. The first-order chi connectivity index (χ1) is 10.9. The Kier molecular flexibility index (Phi) is 12.2. The highest BCUT2D eigenvalue weighted by Crippen LogP contribution is 2.04. The van der Waals surface area contributed by atoms with Gasteiger partial charge in [-0.05, 0) is 25.2 Å². The van der Waals surface area contributed by atoms with Crippen LogP contribution in [0.3, 0.4) is 0 Å². The quantitative estimate of drug-likeness (QED) is 0.229. The molecule has 0 bridgehead atoms. The number of unbranched alkanes of at least 4 members (excludes halogenated alkanes) is 1. The van der Waals surface area contributed by atoms with Crippen LogP contribution in [0.15, 0.2) is 12.2 Å². The van der Waals surface area contributed by atoms with Gasteiger partial charge in [0.05, 0.1) is 19.3 Å². The lowest BCUT2D eigenvalue weighted by atomic mass is 10.1. The standard InChI is InChI=1S/C16H30N2O5/c1-12(2)7-5-3-4-6-8-15(21)23-11-14(17)16(22)18-13(9-19)10-20/h3,5,12-14,19-20H,4,6-11,17H2,1-2H3,(H,18,22)/b5-3-. The number of aliphatic hydroxyl groups excluding tert-OH is 2. The van der Waals surface area contributed by atoms with Crippen molar-refractivity contribution in [2.24, 2.45) is 11.7 Å². The molecule has 0 aliphatic carbocycles. The molecule has 0 aliphatic rings. The minimum Gasteiger partial charge on any atom is -0.463 e. The van der Waals surface area contributed by atoms with Crippen molar-refractivity contribution in [3.05, 3.63) is 12.2 Å². The Bertz CT molecular complexity index is 367. The van der Waals surface area contributed by atoms with E-state index in [4.69, 9.17) is 20.7 Å². The van der Waals surface area contributed by atoms with E-state index in [1.165, 1.54) is 0 Å². The number of ether oxygens (including phenoxy) is 1. The van der Waals surface area contributed by atoms with Gasteiger partial charge in [-0.1, -0.05) is 26.0 Å². The zero-order chi connectivity index (χ0) is 17.7. The Morgan fingerprint density at radius 1 is 1.22 bits per heavy atom. The van der Waals surface area contributed by atoms with Gasteiger partial charge in [0.1, 0.15) is 12.6 Å². The molecule has 0 aromatic rings. The highest BCUT2D eigenvalue weighted by atomic mass is 16.5. The van der Waals surface area contributed by atoms with Crippen molar-refractivity contribution in [3.63, 3.8) is 0 Å². The van der Waals surface area contributed by atoms with Crippen LogP contribution in [0.2, 0.25) is 0 Å². The van der Waals surface area contributed by atoms with E-state index < -0.39 is 24.0 Å². The predicted octanol–water partition coefficient (Wildman–Crippen LogP) is 0.0989. The highest BCUT2D eigenvalue weighted by molar-refractivity contribution is 5.82. The Morgan fingerprint density at radius 2 is 1.87 bits per heavy atom. The van der Waals surface area contributed by atoms with E-state index >= 15 is 0 Å². The van der Waals surface area contributed by atoms with Gasteiger partial charge in [0.15, 0.2) is 0 Å². The summed E-state index contributed by atoms with van der Waals surface area (Å²) in [6.07, 6.45) is 6.95. The fourth-order valence-electron chi connectivity index (χ4n) is 1.64. The zero-order valence-corrected chi connectivity index (χ0v) is 14.0. The molecule has 0 aromatic carbocycles. The first-order valence-corrected chi connectivity index (χ1v) is 7.99. The molecule has 0 aromatic heterocycles.